The molecule has 0 radical (unpaired) electrons. The molecular formula is C18H25N3O2S. The van der Waals surface area contributed by atoms with E-state index in [0.717, 1.165) is 16.5 Å². The van der Waals surface area contributed by atoms with Gasteiger partial charge in [0.1, 0.15) is 18.7 Å². The zero-order valence-electron chi connectivity index (χ0n) is 14.5. The van der Waals surface area contributed by atoms with Crippen LogP contribution in [0.2, 0.25) is 0 Å². The topological polar surface area (TPSA) is 60.2 Å². The van der Waals surface area contributed by atoms with Crippen LogP contribution in [0.15, 0.2) is 35.7 Å². The normalized spacial score (nSPS) is 16.2. The molecular weight excluding hydrogens is 322 g/mol. The van der Waals surface area contributed by atoms with Gasteiger partial charge in [0.05, 0.1) is 6.10 Å². The number of hydrogen-bond acceptors (Lipinski definition) is 5. The highest BCUT2D eigenvalue weighted by Gasteiger charge is 2.26. The highest BCUT2D eigenvalue weighted by atomic mass is 32.2. The molecule has 1 N–H and O–H groups in total. The number of aliphatic hydroxyl groups is 1. The Bertz CT molecular complexity index is 677. The molecule has 5 nitrogen and oxygen atoms in total. The third-order valence-corrected chi connectivity index (χ3v) is 5.11. The summed E-state index contributed by atoms with van der Waals surface area (Å²) < 4.78 is 7.98. The summed E-state index contributed by atoms with van der Waals surface area (Å²) in [4.78, 5) is 0. The largest absolute Gasteiger partial charge is 0.491 e. The van der Waals surface area contributed by atoms with Crippen molar-refractivity contribution in [3.05, 3.63) is 36.2 Å². The molecule has 1 fully saturated rings. The van der Waals surface area contributed by atoms with Crippen LogP contribution in [0.1, 0.15) is 45.2 Å². The monoisotopic (exact) mass is 347 g/mol. The molecule has 1 saturated carbocycles. The van der Waals surface area contributed by atoms with E-state index in [-0.39, 0.29) is 12.0 Å². The Morgan fingerprint density at radius 3 is 2.79 bits per heavy atom. The standard InChI is InChI=1S/C18H25N3O2S/c1-18(2,3)15-6-4-5-7-16(15)23-10-14(22)11-24-17-20-19-12-21(17)13-8-9-13/h4-7,12-14,22H,8-11H2,1-3H3/t14-/m1/s1. The zero-order chi connectivity index (χ0) is 17.2. The van der Waals surface area contributed by atoms with Gasteiger partial charge < -0.3 is 14.4 Å². The average Bonchev–Trinajstić information content (AvgIpc) is 3.28. The summed E-state index contributed by atoms with van der Waals surface area (Å²) in [6.07, 6.45) is 3.62. The van der Waals surface area contributed by atoms with E-state index in [1.165, 1.54) is 24.6 Å². The highest BCUT2D eigenvalue weighted by molar-refractivity contribution is 7.99. The number of thioether (sulfide) groups is 1. The third-order valence-electron chi connectivity index (χ3n) is 4.01. The van der Waals surface area contributed by atoms with Gasteiger partial charge in [-0.05, 0) is 29.9 Å². The van der Waals surface area contributed by atoms with Crippen molar-refractivity contribution < 1.29 is 9.84 Å². The minimum absolute atomic E-state index is 0.0109. The number of hydrogen-bond donors (Lipinski definition) is 1. The molecule has 130 valence electrons. The number of para-hydroxylation sites is 1. The lowest BCUT2D eigenvalue weighted by molar-refractivity contribution is 0.125. The number of nitrogens with zero attached hydrogens (tertiary/aromatic N) is 3. The minimum atomic E-state index is -0.549. The van der Waals surface area contributed by atoms with Gasteiger partial charge in [0.25, 0.3) is 0 Å². The van der Waals surface area contributed by atoms with E-state index in [2.05, 4.69) is 41.6 Å². The van der Waals surface area contributed by atoms with Crippen molar-refractivity contribution >= 4 is 11.8 Å². The van der Waals surface area contributed by atoms with Crippen molar-refractivity contribution in [2.24, 2.45) is 0 Å². The van der Waals surface area contributed by atoms with E-state index in [1.54, 1.807) is 6.33 Å². The highest BCUT2D eigenvalue weighted by Crippen LogP contribution is 2.37. The third kappa shape index (κ3) is 4.30. The number of benzene rings is 1. The van der Waals surface area contributed by atoms with Crippen molar-refractivity contribution in [2.75, 3.05) is 12.4 Å². The summed E-state index contributed by atoms with van der Waals surface area (Å²) in [5, 5.41) is 19.2. The van der Waals surface area contributed by atoms with Crippen LogP contribution in [-0.2, 0) is 5.41 Å². The van der Waals surface area contributed by atoms with Crippen LogP contribution >= 0.6 is 11.8 Å². The smallest absolute Gasteiger partial charge is 0.191 e. The molecule has 1 aromatic heterocycles. The molecule has 0 aliphatic heterocycles. The molecule has 0 spiro atoms. The first-order valence-electron chi connectivity index (χ1n) is 8.38. The maximum absolute atomic E-state index is 10.2. The predicted octanol–water partition coefficient (Wildman–Crippen LogP) is 3.44. The minimum Gasteiger partial charge on any atom is -0.491 e. The van der Waals surface area contributed by atoms with Crippen molar-refractivity contribution in [3.8, 4) is 5.75 Å². The molecule has 0 unspecified atom stereocenters. The summed E-state index contributed by atoms with van der Waals surface area (Å²) in [5.41, 5.74) is 1.16. The van der Waals surface area contributed by atoms with Crippen LogP contribution in [0.4, 0.5) is 0 Å². The predicted molar refractivity (Wildman–Crippen MR) is 95.7 cm³/mol. The second kappa shape index (κ2) is 7.15. The molecule has 6 heteroatoms. The van der Waals surface area contributed by atoms with Gasteiger partial charge in [-0.2, -0.15) is 0 Å². The Kier molecular flexibility index (Phi) is 5.15. The van der Waals surface area contributed by atoms with Gasteiger partial charge in [-0.15, -0.1) is 10.2 Å². The van der Waals surface area contributed by atoms with Crippen LogP contribution in [0.3, 0.4) is 0 Å². The van der Waals surface area contributed by atoms with E-state index in [0.29, 0.717) is 11.8 Å². The lowest BCUT2D eigenvalue weighted by Gasteiger charge is -2.23. The molecule has 2 aromatic rings. The molecule has 1 heterocycles. The van der Waals surface area contributed by atoms with Crippen LogP contribution in [0, 0.1) is 0 Å². The molecule has 1 atom stereocenters. The van der Waals surface area contributed by atoms with Gasteiger partial charge in [0.2, 0.25) is 0 Å². The molecule has 1 aromatic carbocycles. The zero-order valence-corrected chi connectivity index (χ0v) is 15.3. The van der Waals surface area contributed by atoms with Crippen molar-refractivity contribution in [3.63, 3.8) is 0 Å². The van der Waals surface area contributed by atoms with E-state index in [9.17, 15) is 5.11 Å². The van der Waals surface area contributed by atoms with Crippen LogP contribution < -0.4 is 4.74 Å². The van der Waals surface area contributed by atoms with Gasteiger partial charge in [-0.3, -0.25) is 0 Å². The van der Waals surface area contributed by atoms with Gasteiger partial charge >= 0.3 is 0 Å². The summed E-state index contributed by atoms with van der Waals surface area (Å²) in [6, 6.07) is 8.57. The lowest BCUT2D eigenvalue weighted by Crippen LogP contribution is -2.22. The second-order valence-electron chi connectivity index (χ2n) is 7.27. The fraction of sp³-hybridized carbons (Fsp3) is 0.556. The fourth-order valence-corrected chi connectivity index (χ4v) is 3.44. The molecule has 0 bridgehead atoms. The van der Waals surface area contributed by atoms with Crippen LogP contribution in [-0.4, -0.2) is 38.3 Å². The Balaban J connectivity index is 1.53. The Morgan fingerprint density at radius 1 is 1.33 bits per heavy atom. The molecule has 3 rings (SSSR count). The van der Waals surface area contributed by atoms with Gasteiger partial charge in [-0.25, -0.2) is 0 Å². The Morgan fingerprint density at radius 2 is 2.08 bits per heavy atom. The van der Waals surface area contributed by atoms with Crippen LogP contribution in [0.5, 0.6) is 5.75 Å². The quantitative estimate of drug-likeness (QED) is 0.778. The van der Waals surface area contributed by atoms with E-state index in [4.69, 9.17) is 4.74 Å². The summed E-state index contributed by atoms with van der Waals surface area (Å²) in [7, 11) is 0. The summed E-state index contributed by atoms with van der Waals surface area (Å²) in [5.74, 6) is 1.39. The summed E-state index contributed by atoms with van der Waals surface area (Å²) >= 11 is 1.53. The Hall–Kier alpha value is -1.53. The summed E-state index contributed by atoms with van der Waals surface area (Å²) in [6.45, 7) is 6.75. The fourth-order valence-electron chi connectivity index (χ4n) is 2.56. The number of aromatic nitrogens is 3. The molecule has 1 aliphatic rings. The van der Waals surface area contributed by atoms with E-state index in [1.807, 2.05) is 18.2 Å². The first-order valence-corrected chi connectivity index (χ1v) is 9.36. The maximum atomic E-state index is 10.2. The SMILES string of the molecule is CC(C)(C)c1ccccc1OC[C@@H](O)CSc1nncn1C1CC1. The molecule has 24 heavy (non-hydrogen) atoms. The van der Waals surface area contributed by atoms with Gasteiger partial charge in [0, 0.05) is 11.8 Å². The molecule has 0 amide bonds. The number of rotatable bonds is 7. The first-order chi connectivity index (χ1) is 11.4. The van der Waals surface area contributed by atoms with Crippen LogP contribution in [0.25, 0.3) is 0 Å². The molecule has 1 aliphatic carbocycles. The van der Waals surface area contributed by atoms with Crippen molar-refractivity contribution in [1.82, 2.24) is 14.8 Å². The van der Waals surface area contributed by atoms with Crippen molar-refractivity contribution in [1.29, 1.82) is 0 Å². The number of ether oxygens (including phenoxy) is 1. The van der Waals surface area contributed by atoms with E-state index >= 15 is 0 Å². The van der Waals surface area contributed by atoms with Gasteiger partial charge in [0.15, 0.2) is 5.16 Å². The average molecular weight is 347 g/mol. The lowest BCUT2D eigenvalue weighted by atomic mass is 9.86. The first kappa shape index (κ1) is 17.3. The molecule has 0 saturated heterocycles. The second-order valence-corrected chi connectivity index (χ2v) is 8.26. The number of aliphatic hydroxyl groups excluding tert-OH is 1. The van der Waals surface area contributed by atoms with E-state index < -0.39 is 6.10 Å². The Labute approximate surface area is 147 Å². The van der Waals surface area contributed by atoms with Crippen molar-refractivity contribution in [2.45, 2.75) is 56.3 Å². The maximum Gasteiger partial charge on any atom is 0.191 e. The van der Waals surface area contributed by atoms with Gasteiger partial charge in [-0.1, -0.05) is 50.7 Å².